The molecule has 126 valence electrons. The van der Waals surface area contributed by atoms with Gasteiger partial charge in [-0.05, 0) is 18.2 Å². The predicted octanol–water partition coefficient (Wildman–Crippen LogP) is 3.03. The number of hydrogen-bond acceptors (Lipinski definition) is 5. The van der Waals surface area contributed by atoms with Gasteiger partial charge < -0.3 is 5.32 Å². The zero-order valence-electron chi connectivity index (χ0n) is 13.4. The number of aromatic amines is 1. The number of H-pyrrole nitrogens is 1. The summed E-state index contributed by atoms with van der Waals surface area (Å²) in [7, 11) is 0. The number of anilines is 1. The van der Waals surface area contributed by atoms with Gasteiger partial charge in [0.2, 0.25) is 0 Å². The van der Waals surface area contributed by atoms with E-state index in [9.17, 15) is 4.79 Å². The average molecular weight is 367 g/mol. The van der Waals surface area contributed by atoms with Crippen molar-refractivity contribution in [2.75, 3.05) is 5.32 Å². The number of hydrogen-bond donors (Lipinski definition) is 2. The molecule has 2 N–H and O–H groups in total. The van der Waals surface area contributed by atoms with Crippen molar-refractivity contribution in [3.8, 4) is 0 Å². The summed E-state index contributed by atoms with van der Waals surface area (Å²) >= 11 is 12.1. The number of nitrogens with one attached hydrogen (secondary N) is 2. The summed E-state index contributed by atoms with van der Waals surface area (Å²) in [5.41, 5.74) is 0.436. The summed E-state index contributed by atoms with van der Waals surface area (Å²) in [6.45, 7) is 6.09. The van der Waals surface area contributed by atoms with Crippen LogP contribution in [0.2, 0.25) is 10.0 Å². The molecule has 24 heavy (non-hydrogen) atoms. The van der Waals surface area contributed by atoms with Crippen molar-refractivity contribution in [2.24, 2.45) is 0 Å². The number of rotatable bonds is 3. The van der Waals surface area contributed by atoms with Crippen molar-refractivity contribution in [3.05, 3.63) is 50.1 Å². The van der Waals surface area contributed by atoms with E-state index in [4.69, 9.17) is 23.2 Å². The maximum Gasteiger partial charge on any atom is 0.274 e. The van der Waals surface area contributed by atoms with E-state index >= 15 is 0 Å². The monoisotopic (exact) mass is 366 g/mol. The van der Waals surface area contributed by atoms with Crippen LogP contribution in [0.3, 0.4) is 0 Å². The smallest absolute Gasteiger partial charge is 0.274 e. The predicted molar refractivity (Wildman–Crippen MR) is 93.9 cm³/mol. The minimum absolute atomic E-state index is 0.264. The number of halogens is 2. The van der Waals surface area contributed by atoms with Crippen molar-refractivity contribution >= 4 is 34.7 Å². The lowest BCUT2D eigenvalue weighted by atomic mass is 9.93. The molecule has 0 radical (unpaired) electrons. The van der Waals surface area contributed by atoms with Crippen LogP contribution in [0.4, 0.5) is 5.69 Å². The molecule has 0 saturated heterocycles. The molecule has 0 unspecified atom stereocenters. The molecule has 7 nitrogen and oxygen atoms in total. The van der Waals surface area contributed by atoms with Gasteiger partial charge in [0, 0.05) is 10.4 Å². The van der Waals surface area contributed by atoms with Crippen LogP contribution in [0.5, 0.6) is 0 Å². The first-order valence-electron chi connectivity index (χ1n) is 7.30. The molecule has 1 aromatic carbocycles. The number of benzene rings is 1. The maximum atomic E-state index is 12.1. The maximum absolute atomic E-state index is 12.1. The Morgan fingerprint density at radius 1 is 1.25 bits per heavy atom. The van der Waals surface area contributed by atoms with E-state index in [-0.39, 0.29) is 5.56 Å². The molecule has 0 bridgehead atoms. The van der Waals surface area contributed by atoms with Gasteiger partial charge in [0.25, 0.3) is 11.3 Å². The summed E-state index contributed by atoms with van der Waals surface area (Å²) in [5.74, 6) is 0.838. The van der Waals surface area contributed by atoms with Gasteiger partial charge in [-0.2, -0.15) is 9.61 Å². The van der Waals surface area contributed by atoms with Gasteiger partial charge in [0.05, 0.1) is 17.3 Å². The molecule has 0 atom stereocenters. The molecule has 0 aliphatic carbocycles. The second kappa shape index (κ2) is 6.07. The van der Waals surface area contributed by atoms with Crippen LogP contribution >= 0.6 is 23.2 Å². The first kappa shape index (κ1) is 16.7. The minimum atomic E-state index is -0.396. The Hall–Kier alpha value is -2.12. The van der Waals surface area contributed by atoms with Crippen LogP contribution in [0, 0.1) is 0 Å². The van der Waals surface area contributed by atoms with Crippen LogP contribution in [-0.4, -0.2) is 24.8 Å². The number of nitrogens with zero attached hydrogens (tertiary/aromatic N) is 4. The van der Waals surface area contributed by atoms with E-state index in [1.165, 1.54) is 4.52 Å². The second-order valence-corrected chi connectivity index (χ2v) is 7.23. The second-order valence-electron chi connectivity index (χ2n) is 6.38. The van der Waals surface area contributed by atoms with Gasteiger partial charge in [-0.15, -0.1) is 10.2 Å². The van der Waals surface area contributed by atoms with Crippen LogP contribution < -0.4 is 10.9 Å². The van der Waals surface area contributed by atoms with Crippen molar-refractivity contribution in [1.29, 1.82) is 0 Å². The van der Waals surface area contributed by atoms with E-state index in [2.05, 4.69) is 25.6 Å². The Kier molecular flexibility index (Phi) is 4.23. The Morgan fingerprint density at radius 2 is 2.00 bits per heavy atom. The van der Waals surface area contributed by atoms with Crippen molar-refractivity contribution in [2.45, 2.75) is 32.7 Å². The normalized spacial score (nSPS) is 11.9. The first-order chi connectivity index (χ1) is 11.3. The number of fused-ring (bicyclic) bond motifs is 1. The standard InChI is InChI=1S/C15H16Cl2N6O/c1-15(2,3)12-13(24)19-14-21-20-11(23(14)22-12)7-18-10-6-8(16)4-5-9(10)17/h4-6,18H,7H2,1-3H3,(H,19,21,24). The van der Waals surface area contributed by atoms with E-state index in [0.29, 0.717) is 39.6 Å². The SMILES string of the molecule is CC(C)(C)c1nn2c(CNc3cc(Cl)ccc3Cl)nnc2[nH]c1=O. The summed E-state index contributed by atoms with van der Waals surface area (Å²) in [6.07, 6.45) is 0. The van der Waals surface area contributed by atoms with Gasteiger partial charge in [0.15, 0.2) is 5.82 Å². The fourth-order valence-electron chi connectivity index (χ4n) is 2.21. The molecule has 2 aromatic heterocycles. The lowest BCUT2D eigenvalue weighted by molar-refractivity contribution is 0.539. The third-order valence-corrected chi connectivity index (χ3v) is 3.99. The molecule has 0 fully saturated rings. The minimum Gasteiger partial charge on any atom is -0.376 e. The summed E-state index contributed by atoms with van der Waals surface area (Å²) < 4.78 is 1.52. The molecular formula is C15H16Cl2N6O. The van der Waals surface area contributed by atoms with E-state index in [1.807, 2.05) is 20.8 Å². The van der Waals surface area contributed by atoms with Crippen LogP contribution in [0.25, 0.3) is 5.78 Å². The highest BCUT2D eigenvalue weighted by Gasteiger charge is 2.22. The highest BCUT2D eigenvalue weighted by atomic mass is 35.5. The highest BCUT2D eigenvalue weighted by molar-refractivity contribution is 6.35. The van der Waals surface area contributed by atoms with E-state index < -0.39 is 5.41 Å². The van der Waals surface area contributed by atoms with Gasteiger partial charge >= 0.3 is 0 Å². The molecular weight excluding hydrogens is 351 g/mol. The quantitative estimate of drug-likeness (QED) is 0.743. The molecule has 3 rings (SSSR count). The average Bonchev–Trinajstić information content (AvgIpc) is 2.88. The first-order valence-corrected chi connectivity index (χ1v) is 8.05. The fraction of sp³-hybridized carbons (Fsp3) is 0.333. The van der Waals surface area contributed by atoms with Crippen molar-refractivity contribution < 1.29 is 0 Å². The third kappa shape index (κ3) is 3.22. The van der Waals surface area contributed by atoms with Gasteiger partial charge in [0.1, 0.15) is 5.69 Å². The van der Waals surface area contributed by atoms with Crippen molar-refractivity contribution in [1.82, 2.24) is 24.8 Å². The Bertz CT molecular complexity index is 957. The molecule has 0 saturated carbocycles. The summed E-state index contributed by atoms with van der Waals surface area (Å²) in [4.78, 5) is 14.8. The zero-order chi connectivity index (χ0) is 17.5. The van der Waals surface area contributed by atoms with Crippen LogP contribution in [-0.2, 0) is 12.0 Å². The fourth-order valence-corrected chi connectivity index (χ4v) is 2.57. The lowest BCUT2D eigenvalue weighted by Crippen LogP contribution is -2.29. The number of aromatic nitrogens is 5. The molecule has 2 heterocycles. The summed E-state index contributed by atoms with van der Waals surface area (Å²) in [6, 6.07) is 5.15. The van der Waals surface area contributed by atoms with E-state index in [1.54, 1.807) is 18.2 Å². The van der Waals surface area contributed by atoms with Crippen molar-refractivity contribution in [3.63, 3.8) is 0 Å². The molecule has 0 amide bonds. The molecule has 0 aliphatic rings. The topological polar surface area (TPSA) is 88.0 Å². The van der Waals surface area contributed by atoms with Gasteiger partial charge in [-0.3, -0.25) is 9.78 Å². The molecule has 3 aromatic rings. The van der Waals surface area contributed by atoms with Crippen LogP contribution in [0.15, 0.2) is 23.0 Å². The van der Waals surface area contributed by atoms with E-state index in [0.717, 1.165) is 0 Å². The Morgan fingerprint density at radius 3 is 2.71 bits per heavy atom. The molecule has 0 spiro atoms. The van der Waals surface area contributed by atoms with Crippen LogP contribution in [0.1, 0.15) is 32.3 Å². The highest BCUT2D eigenvalue weighted by Crippen LogP contribution is 2.25. The molecule has 0 aliphatic heterocycles. The third-order valence-electron chi connectivity index (χ3n) is 3.42. The zero-order valence-corrected chi connectivity index (χ0v) is 14.9. The van der Waals surface area contributed by atoms with Gasteiger partial charge in [-0.25, -0.2) is 0 Å². The molecule has 9 heteroatoms. The van der Waals surface area contributed by atoms with Gasteiger partial charge in [-0.1, -0.05) is 44.0 Å². The Balaban J connectivity index is 1.95. The largest absolute Gasteiger partial charge is 0.376 e. The lowest BCUT2D eigenvalue weighted by Gasteiger charge is -2.16. The Labute approximate surface area is 148 Å². The summed E-state index contributed by atoms with van der Waals surface area (Å²) in [5, 5.41) is 16.7.